The van der Waals surface area contributed by atoms with Crippen molar-refractivity contribution in [3.05, 3.63) is 59.2 Å². The van der Waals surface area contributed by atoms with Crippen LogP contribution in [0.5, 0.6) is 0 Å². The van der Waals surface area contributed by atoms with Gasteiger partial charge in [0, 0.05) is 12.2 Å². The van der Waals surface area contributed by atoms with Gasteiger partial charge in [-0.2, -0.15) is 5.26 Å². The fraction of sp³-hybridized carbons (Fsp3) is 0.188. The van der Waals surface area contributed by atoms with Crippen LogP contribution < -0.4 is 11.1 Å². The minimum Gasteiger partial charge on any atom is -0.398 e. The maximum Gasteiger partial charge on any atom is 0.101 e. The first-order valence-corrected chi connectivity index (χ1v) is 6.35. The molecule has 0 aliphatic heterocycles. The molecule has 0 atom stereocenters. The summed E-state index contributed by atoms with van der Waals surface area (Å²) in [5, 5.41) is 12.2. The summed E-state index contributed by atoms with van der Waals surface area (Å²) in [7, 11) is 0. The van der Waals surface area contributed by atoms with E-state index in [1.807, 2.05) is 12.1 Å². The smallest absolute Gasteiger partial charge is 0.101 e. The highest BCUT2D eigenvalue weighted by atomic mass is 14.9. The molecule has 96 valence electrons. The zero-order valence-electron chi connectivity index (χ0n) is 11.0. The number of aryl methyl sites for hydroxylation is 1. The van der Waals surface area contributed by atoms with Crippen LogP contribution in [0.3, 0.4) is 0 Å². The number of anilines is 2. The van der Waals surface area contributed by atoms with Crippen LogP contribution in [0.2, 0.25) is 0 Å². The van der Waals surface area contributed by atoms with Crippen LogP contribution in [0.1, 0.15) is 23.6 Å². The minimum absolute atomic E-state index is 0.510. The fourth-order valence-corrected chi connectivity index (χ4v) is 2.05. The van der Waals surface area contributed by atoms with Crippen LogP contribution in [0, 0.1) is 11.3 Å². The molecule has 0 bridgehead atoms. The lowest BCUT2D eigenvalue weighted by atomic mass is 10.1. The predicted octanol–water partition coefficient (Wildman–Crippen LogP) is 3.31. The van der Waals surface area contributed by atoms with Crippen LogP contribution >= 0.6 is 0 Å². The quantitative estimate of drug-likeness (QED) is 0.819. The number of rotatable bonds is 4. The molecule has 0 unspecified atom stereocenters. The van der Waals surface area contributed by atoms with Gasteiger partial charge in [0.25, 0.3) is 0 Å². The summed E-state index contributed by atoms with van der Waals surface area (Å²) in [4.78, 5) is 0. The Hall–Kier alpha value is -2.47. The highest BCUT2D eigenvalue weighted by Crippen LogP contribution is 2.18. The molecule has 0 fully saturated rings. The monoisotopic (exact) mass is 251 g/mol. The molecule has 0 radical (unpaired) electrons. The van der Waals surface area contributed by atoms with Gasteiger partial charge in [-0.3, -0.25) is 0 Å². The van der Waals surface area contributed by atoms with E-state index in [4.69, 9.17) is 11.0 Å². The zero-order chi connectivity index (χ0) is 13.7. The Balaban J connectivity index is 2.11. The van der Waals surface area contributed by atoms with E-state index in [1.54, 1.807) is 12.1 Å². The average molecular weight is 251 g/mol. The van der Waals surface area contributed by atoms with Crippen molar-refractivity contribution in [2.45, 2.75) is 19.9 Å². The molecular weight excluding hydrogens is 234 g/mol. The summed E-state index contributed by atoms with van der Waals surface area (Å²) in [6, 6.07) is 15.8. The molecule has 0 saturated carbocycles. The highest BCUT2D eigenvalue weighted by molar-refractivity contribution is 5.62. The summed E-state index contributed by atoms with van der Waals surface area (Å²) >= 11 is 0. The molecule has 3 heteroatoms. The largest absolute Gasteiger partial charge is 0.398 e. The molecule has 2 aromatic rings. The first-order chi connectivity index (χ1) is 9.24. The standard InChI is InChI=1S/C16H17N3/c1-2-12-5-3-4-6-14(12)11-19-15-8-7-13(10-17)16(18)9-15/h3-9,19H,2,11,18H2,1H3. The highest BCUT2D eigenvalue weighted by Gasteiger charge is 2.02. The average Bonchev–Trinajstić information content (AvgIpc) is 2.45. The second-order valence-corrected chi connectivity index (χ2v) is 4.39. The Bertz CT molecular complexity index is 612. The number of nitriles is 1. The van der Waals surface area contributed by atoms with Crippen molar-refractivity contribution in [1.29, 1.82) is 5.26 Å². The Morgan fingerprint density at radius 2 is 1.89 bits per heavy atom. The Morgan fingerprint density at radius 1 is 1.16 bits per heavy atom. The van der Waals surface area contributed by atoms with Gasteiger partial charge in [-0.15, -0.1) is 0 Å². The van der Waals surface area contributed by atoms with Gasteiger partial charge in [0.2, 0.25) is 0 Å². The van der Waals surface area contributed by atoms with Crippen molar-refractivity contribution in [1.82, 2.24) is 0 Å². The molecule has 0 saturated heterocycles. The topological polar surface area (TPSA) is 61.8 Å². The van der Waals surface area contributed by atoms with Crippen molar-refractivity contribution in [3.8, 4) is 6.07 Å². The van der Waals surface area contributed by atoms with Gasteiger partial charge in [-0.05, 0) is 35.7 Å². The van der Waals surface area contributed by atoms with Gasteiger partial charge in [0.05, 0.1) is 11.3 Å². The van der Waals surface area contributed by atoms with E-state index >= 15 is 0 Å². The molecule has 19 heavy (non-hydrogen) atoms. The van der Waals surface area contributed by atoms with Gasteiger partial charge in [0.15, 0.2) is 0 Å². The Labute approximate surface area is 113 Å². The summed E-state index contributed by atoms with van der Waals surface area (Å²) in [6.07, 6.45) is 1.02. The predicted molar refractivity (Wildman–Crippen MR) is 78.7 cm³/mol. The third kappa shape index (κ3) is 3.05. The minimum atomic E-state index is 0.510. The van der Waals surface area contributed by atoms with Gasteiger partial charge < -0.3 is 11.1 Å². The number of nitrogen functional groups attached to an aromatic ring is 1. The van der Waals surface area contributed by atoms with Crippen molar-refractivity contribution < 1.29 is 0 Å². The number of nitrogens with zero attached hydrogens (tertiary/aromatic N) is 1. The van der Waals surface area contributed by atoms with Crippen LogP contribution in [0.25, 0.3) is 0 Å². The first-order valence-electron chi connectivity index (χ1n) is 6.35. The molecule has 3 nitrogen and oxygen atoms in total. The fourth-order valence-electron chi connectivity index (χ4n) is 2.05. The zero-order valence-corrected chi connectivity index (χ0v) is 11.0. The SMILES string of the molecule is CCc1ccccc1CNc1ccc(C#N)c(N)c1. The van der Waals surface area contributed by atoms with Gasteiger partial charge in [-0.1, -0.05) is 31.2 Å². The second-order valence-electron chi connectivity index (χ2n) is 4.39. The van der Waals surface area contributed by atoms with Crippen molar-refractivity contribution >= 4 is 11.4 Å². The lowest BCUT2D eigenvalue weighted by Crippen LogP contribution is -2.03. The molecule has 0 aromatic heterocycles. The second kappa shape index (κ2) is 5.92. The third-order valence-electron chi connectivity index (χ3n) is 3.15. The summed E-state index contributed by atoms with van der Waals surface area (Å²) < 4.78 is 0. The van der Waals surface area contributed by atoms with E-state index in [0.29, 0.717) is 11.3 Å². The molecule has 2 aromatic carbocycles. The van der Waals surface area contributed by atoms with Crippen molar-refractivity contribution in [2.75, 3.05) is 11.1 Å². The normalized spacial score (nSPS) is 9.89. The molecule has 2 rings (SSSR count). The van der Waals surface area contributed by atoms with Gasteiger partial charge >= 0.3 is 0 Å². The number of hydrogen-bond acceptors (Lipinski definition) is 3. The lowest BCUT2D eigenvalue weighted by molar-refractivity contribution is 1.04. The van der Waals surface area contributed by atoms with Crippen LogP contribution in [-0.2, 0) is 13.0 Å². The van der Waals surface area contributed by atoms with E-state index in [2.05, 4.69) is 36.5 Å². The maximum atomic E-state index is 8.84. The van der Waals surface area contributed by atoms with E-state index in [-0.39, 0.29) is 0 Å². The number of nitrogens with one attached hydrogen (secondary N) is 1. The summed E-state index contributed by atoms with van der Waals surface area (Å²) in [6.45, 7) is 2.91. The van der Waals surface area contributed by atoms with Crippen molar-refractivity contribution in [3.63, 3.8) is 0 Å². The Kier molecular flexibility index (Phi) is 4.04. The number of hydrogen-bond donors (Lipinski definition) is 2. The molecule has 0 amide bonds. The maximum absolute atomic E-state index is 8.84. The van der Waals surface area contributed by atoms with Gasteiger partial charge in [-0.25, -0.2) is 0 Å². The molecule has 3 N–H and O–H groups in total. The van der Waals surface area contributed by atoms with Crippen LogP contribution in [0.4, 0.5) is 11.4 Å². The number of nitrogens with two attached hydrogens (primary N) is 1. The molecule has 0 heterocycles. The molecule has 0 aliphatic carbocycles. The van der Waals surface area contributed by atoms with E-state index in [9.17, 15) is 0 Å². The van der Waals surface area contributed by atoms with E-state index < -0.39 is 0 Å². The van der Waals surface area contributed by atoms with Crippen molar-refractivity contribution in [2.24, 2.45) is 0 Å². The Morgan fingerprint density at radius 3 is 2.53 bits per heavy atom. The third-order valence-corrected chi connectivity index (χ3v) is 3.15. The first kappa shape index (κ1) is 13.0. The molecule has 0 spiro atoms. The lowest BCUT2D eigenvalue weighted by Gasteiger charge is -2.11. The van der Waals surface area contributed by atoms with Gasteiger partial charge in [0.1, 0.15) is 6.07 Å². The summed E-state index contributed by atoms with van der Waals surface area (Å²) in [5.41, 5.74) is 10.4. The van der Waals surface area contributed by atoms with E-state index in [1.165, 1.54) is 11.1 Å². The van der Waals surface area contributed by atoms with E-state index in [0.717, 1.165) is 18.7 Å². The van der Waals surface area contributed by atoms with Crippen LogP contribution in [-0.4, -0.2) is 0 Å². The number of benzene rings is 2. The van der Waals surface area contributed by atoms with Crippen LogP contribution in [0.15, 0.2) is 42.5 Å². The summed E-state index contributed by atoms with van der Waals surface area (Å²) in [5.74, 6) is 0. The molecular formula is C16H17N3. The molecule has 0 aliphatic rings.